The fraction of sp³-hybridized carbons (Fsp3) is 0.154. The number of rotatable bonds is 2. The summed E-state index contributed by atoms with van der Waals surface area (Å²) in [6.07, 6.45) is 5.07. The van der Waals surface area contributed by atoms with Crippen LogP contribution in [0, 0.1) is 19.3 Å². The molecule has 2 rings (SSSR count). The first-order valence-corrected chi connectivity index (χ1v) is 4.94. The Labute approximate surface area is 93.4 Å². The molecule has 0 aliphatic carbocycles. The molecular weight excluding hydrogens is 202 g/mol. The molecule has 0 fully saturated rings. The van der Waals surface area contributed by atoms with Crippen LogP contribution in [0.5, 0.6) is 0 Å². The molecule has 16 heavy (non-hydrogen) atoms. The molecule has 1 heterocycles. The number of nitrogens with one attached hydrogen (secondary N) is 1. The average molecular weight is 213 g/mol. The van der Waals surface area contributed by atoms with E-state index in [9.17, 15) is 4.79 Å². The number of benzene rings is 1. The van der Waals surface area contributed by atoms with Crippen molar-refractivity contribution in [2.75, 3.05) is 6.54 Å². The van der Waals surface area contributed by atoms with Crippen LogP contribution < -0.4 is 5.32 Å². The van der Waals surface area contributed by atoms with E-state index in [-0.39, 0.29) is 12.5 Å². The molecule has 0 atom stereocenters. The molecule has 0 spiro atoms. The van der Waals surface area contributed by atoms with Crippen LogP contribution in [0.25, 0.3) is 11.0 Å². The fourth-order valence-corrected chi connectivity index (χ4v) is 1.60. The summed E-state index contributed by atoms with van der Waals surface area (Å²) in [6.45, 7) is 2.06. The van der Waals surface area contributed by atoms with Crippen molar-refractivity contribution in [3.05, 3.63) is 35.6 Å². The lowest BCUT2D eigenvalue weighted by molar-refractivity contribution is 0.0932. The van der Waals surface area contributed by atoms with Crippen LogP contribution in [-0.4, -0.2) is 12.5 Å². The zero-order valence-electron chi connectivity index (χ0n) is 8.91. The van der Waals surface area contributed by atoms with Crippen LogP contribution in [0.2, 0.25) is 0 Å². The summed E-state index contributed by atoms with van der Waals surface area (Å²) in [5.74, 6) is 2.41. The highest BCUT2D eigenvalue weighted by atomic mass is 16.3. The Kier molecular flexibility index (Phi) is 2.65. The van der Waals surface area contributed by atoms with E-state index < -0.39 is 0 Å². The fourth-order valence-electron chi connectivity index (χ4n) is 1.60. The number of hydrogen-bond acceptors (Lipinski definition) is 2. The predicted molar refractivity (Wildman–Crippen MR) is 62.1 cm³/mol. The van der Waals surface area contributed by atoms with Crippen molar-refractivity contribution in [1.29, 1.82) is 0 Å². The van der Waals surface area contributed by atoms with E-state index in [0.717, 1.165) is 10.9 Å². The molecule has 80 valence electrons. The maximum atomic E-state index is 11.7. The second-order valence-corrected chi connectivity index (χ2v) is 3.44. The number of aryl methyl sites for hydroxylation is 1. The van der Waals surface area contributed by atoms with Gasteiger partial charge in [0.15, 0.2) is 5.76 Å². The van der Waals surface area contributed by atoms with Gasteiger partial charge in [0.05, 0.1) is 6.54 Å². The van der Waals surface area contributed by atoms with Crippen LogP contribution in [0.3, 0.4) is 0 Å². The number of carbonyl (C=O) groups is 1. The van der Waals surface area contributed by atoms with Crippen LogP contribution in [0.4, 0.5) is 0 Å². The van der Waals surface area contributed by atoms with Gasteiger partial charge in [-0.1, -0.05) is 24.1 Å². The number of amides is 1. The molecule has 0 bridgehead atoms. The number of furan rings is 1. The van der Waals surface area contributed by atoms with E-state index in [1.165, 1.54) is 0 Å². The van der Waals surface area contributed by atoms with Crippen molar-refractivity contribution in [2.45, 2.75) is 6.92 Å². The Morgan fingerprint density at radius 1 is 1.50 bits per heavy atom. The molecule has 3 heteroatoms. The average Bonchev–Trinajstić information content (AvgIpc) is 2.64. The number of para-hydroxylation sites is 1. The monoisotopic (exact) mass is 213 g/mol. The lowest BCUT2D eigenvalue weighted by atomic mass is 10.1. The molecule has 1 aromatic heterocycles. The predicted octanol–water partition coefficient (Wildman–Crippen LogP) is 2.10. The van der Waals surface area contributed by atoms with Crippen molar-refractivity contribution in [1.82, 2.24) is 5.32 Å². The maximum Gasteiger partial charge on any atom is 0.288 e. The van der Waals surface area contributed by atoms with Gasteiger partial charge in [-0.3, -0.25) is 4.79 Å². The Bertz CT molecular complexity index is 575. The van der Waals surface area contributed by atoms with E-state index in [1.54, 1.807) is 0 Å². The van der Waals surface area contributed by atoms with Crippen LogP contribution in [0.1, 0.15) is 16.1 Å². The molecule has 1 N–H and O–H groups in total. The van der Waals surface area contributed by atoms with Gasteiger partial charge < -0.3 is 9.73 Å². The largest absolute Gasteiger partial charge is 0.451 e. The van der Waals surface area contributed by atoms with Gasteiger partial charge >= 0.3 is 0 Å². The van der Waals surface area contributed by atoms with Crippen LogP contribution >= 0.6 is 0 Å². The smallest absolute Gasteiger partial charge is 0.288 e. The Morgan fingerprint density at radius 3 is 2.94 bits per heavy atom. The maximum absolute atomic E-state index is 11.7. The molecule has 0 saturated carbocycles. The van der Waals surface area contributed by atoms with E-state index >= 15 is 0 Å². The molecule has 1 aromatic carbocycles. The Hall–Kier alpha value is -2.21. The van der Waals surface area contributed by atoms with Gasteiger partial charge in [0.2, 0.25) is 0 Å². The second kappa shape index (κ2) is 4.11. The zero-order valence-corrected chi connectivity index (χ0v) is 8.91. The molecule has 0 aliphatic rings. The minimum atomic E-state index is -0.272. The number of fused-ring (bicyclic) bond motifs is 1. The third-order valence-corrected chi connectivity index (χ3v) is 2.40. The highest BCUT2D eigenvalue weighted by Crippen LogP contribution is 2.24. The molecule has 3 nitrogen and oxygen atoms in total. The van der Waals surface area contributed by atoms with Crippen molar-refractivity contribution in [3.8, 4) is 12.3 Å². The molecule has 0 aliphatic heterocycles. The highest BCUT2D eigenvalue weighted by Gasteiger charge is 2.16. The van der Waals surface area contributed by atoms with E-state index in [0.29, 0.717) is 11.3 Å². The summed E-state index contributed by atoms with van der Waals surface area (Å²) < 4.78 is 5.48. The third kappa shape index (κ3) is 1.66. The SMILES string of the molecule is C#CCNC(=O)c1oc2ccccc2c1C. The lowest BCUT2D eigenvalue weighted by Gasteiger charge is -1.97. The van der Waals surface area contributed by atoms with Gasteiger partial charge in [0, 0.05) is 10.9 Å². The van der Waals surface area contributed by atoms with Crippen molar-refractivity contribution < 1.29 is 9.21 Å². The van der Waals surface area contributed by atoms with E-state index in [2.05, 4.69) is 11.2 Å². The molecule has 2 aromatic rings. The first-order valence-electron chi connectivity index (χ1n) is 4.94. The zero-order chi connectivity index (χ0) is 11.5. The Morgan fingerprint density at radius 2 is 2.25 bits per heavy atom. The molecule has 1 amide bonds. The number of carbonyl (C=O) groups excluding carboxylic acids is 1. The Balaban J connectivity index is 2.42. The number of hydrogen-bond donors (Lipinski definition) is 1. The molecule has 0 saturated heterocycles. The van der Waals surface area contributed by atoms with Crippen molar-refractivity contribution in [3.63, 3.8) is 0 Å². The summed E-state index contributed by atoms with van der Waals surface area (Å²) in [5.41, 5.74) is 1.55. The molecular formula is C13H11NO2. The van der Waals surface area contributed by atoms with Crippen molar-refractivity contribution >= 4 is 16.9 Å². The first kappa shape index (κ1) is 10.3. The topological polar surface area (TPSA) is 42.2 Å². The van der Waals surface area contributed by atoms with Gasteiger partial charge in [-0.15, -0.1) is 6.42 Å². The summed E-state index contributed by atoms with van der Waals surface area (Å²) >= 11 is 0. The van der Waals surface area contributed by atoms with Crippen molar-refractivity contribution in [2.24, 2.45) is 0 Å². The quantitative estimate of drug-likeness (QED) is 0.776. The van der Waals surface area contributed by atoms with Gasteiger partial charge in [-0.05, 0) is 13.0 Å². The van der Waals surface area contributed by atoms with Crippen LogP contribution in [0.15, 0.2) is 28.7 Å². The highest BCUT2D eigenvalue weighted by molar-refractivity contribution is 5.98. The number of terminal acetylenes is 1. The lowest BCUT2D eigenvalue weighted by Crippen LogP contribution is -2.23. The summed E-state index contributed by atoms with van der Waals surface area (Å²) in [4.78, 5) is 11.7. The van der Waals surface area contributed by atoms with E-state index in [4.69, 9.17) is 10.8 Å². The third-order valence-electron chi connectivity index (χ3n) is 2.40. The molecule has 0 radical (unpaired) electrons. The summed E-state index contributed by atoms with van der Waals surface area (Å²) in [5, 5.41) is 3.53. The minimum Gasteiger partial charge on any atom is -0.451 e. The van der Waals surface area contributed by atoms with Crippen LogP contribution in [-0.2, 0) is 0 Å². The van der Waals surface area contributed by atoms with Gasteiger partial charge in [0.25, 0.3) is 5.91 Å². The summed E-state index contributed by atoms with van der Waals surface area (Å²) in [7, 11) is 0. The minimum absolute atomic E-state index is 0.204. The van der Waals surface area contributed by atoms with Gasteiger partial charge in [0.1, 0.15) is 5.58 Å². The normalized spacial score (nSPS) is 10.0. The second-order valence-electron chi connectivity index (χ2n) is 3.44. The van der Waals surface area contributed by atoms with E-state index in [1.807, 2.05) is 31.2 Å². The van der Waals surface area contributed by atoms with Gasteiger partial charge in [-0.25, -0.2) is 0 Å². The summed E-state index contributed by atoms with van der Waals surface area (Å²) in [6, 6.07) is 7.54. The van der Waals surface area contributed by atoms with Gasteiger partial charge in [-0.2, -0.15) is 0 Å². The first-order chi connectivity index (χ1) is 7.74. The molecule has 0 unspecified atom stereocenters. The standard InChI is InChI=1S/C13H11NO2/c1-3-8-14-13(15)12-9(2)10-6-4-5-7-11(10)16-12/h1,4-7H,8H2,2H3,(H,14,15).